The topological polar surface area (TPSA) is 54.4 Å². The minimum absolute atomic E-state index is 0.0181. The van der Waals surface area contributed by atoms with Gasteiger partial charge in [-0.25, -0.2) is 0 Å². The molecule has 0 aliphatic rings. The lowest BCUT2D eigenvalue weighted by Crippen LogP contribution is -2.27. The number of carboxylic acid groups (broad SMARTS) is 1. The Morgan fingerprint density at radius 2 is 1.89 bits per heavy atom. The maximum atomic E-state index is 12.5. The Bertz CT molecular complexity index is 499. The first-order chi connectivity index (χ1) is 8.64. The summed E-state index contributed by atoms with van der Waals surface area (Å²) >= 11 is 0. The van der Waals surface area contributed by atoms with Gasteiger partial charge in [-0.3, -0.25) is 9.00 Å². The van der Waals surface area contributed by atoms with E-state index in [0.29, 0.717) is 0 Å². The number of carboxylic acids is 1. The van der Waals surface area contributed by atoms with E-state index in [1.54, 1.807) is 0 Å². The zero-order valence-electron chi connectivity index (χ0n) is 10.3. The Hall–Kier alpha value is -1.37. The summed E-state index contributed by atoms with van der Waals surface area (Å²) in [5, 5.41) is 8.04. The van der Waals surface area contributed by atoms with Crippen molar-refractivity contribution in [2.24, 2.45) is 5.92 Å². The molecular formula is C12H13F3O3S. The largest absolute Gasteiger partial charge is 0.481 e. The summed E-state index contributed by atoms with van der Waals surface area (Å²) in [6, 6.07) is 4.14. The lowest BCUT2D eigenvalue weighted by Gasteiger charge is -2.16. The molecule has 3 unspecified atom stereocenters. The Labute approximate surface area is 110 Å². The van der Waals surface area contributed by atoms with Crippen LogP contribution in [0.25, 0.3) is 0 Å². The standard InChI is InChI=1S/C12H13F3O3S/c1-7(11(16)17)8(2)19(18)10-5-3-4-9(6-10)12(13,14)15/h3-8H,1-2H3,(H,16,17). The maximum Gasteiger partial charge on any atom is 0.416 e. The number of benzene rings is 1. The van der Waals surface area contributed by atoms with Crippen LogP contribution in [0.15, 0.2) is 29.2 Å². The van der Waals surface area contributed by atoms with Crippen molar-refractivity contribution in [1.82, 2.24) is 0 Å². The van der Waals surface area contributed by atoms with Crippen LogP contribution in [-0.4, -0.2) is 20.5 Å². The van der Waals surface area contributed by atoms with Crippen molar-refractivity contribution in [2.75, 3.05) is 0 Å². The van der Waals surface area contributed by atoms with E-state index < -0.39 is 39.7 Å². The third-order valence-corrected chi connectivity index (χ3v) is 4.63. The molecule has 0 aromatic heterocycles. The van der Waals surface area contributed by atoms with Gasteiger partial charge >= 0.3 is 12.1 Å². The van der Waals surface area contributed by atoms with Crippen molar-refractivity contribution in [3.63, 3.8) is 0 Å². The highest BCUT2D eigenvalue weighted by molar-refractivity contribution is 7.85. The van der Waals surface area contributed by atoms with Crippen LogP contribution in [0.5, 0.6) is 0 Å². The third-order valence-electron chi connectivity index (χ3n) is 2.82. The Kier molecular flexibility index (Phi) is 4.73. The molecule has 3 nitrogen and oxygen atoms in total. The number of rotatable bonds is 4. The van der Waals surface area contributed by atoms with E-state index in [9.17, 15) is 22.2 Å². The minimum atomic E-state index is -4.51. The van der Waals surface area contributed by atoms with Crippen LogP contribution < -0.4 is 0 Å². The molecule has 3 atom stereocenters. The van der Waals surface area contributed by atoms with Gasteiger partial charge in [0.2, 0.25) is 0 Å². The molecule has 0 saturated carbocycles. The summed E-state index contributed by atoms with van der Waals surface area (Å²) in [7, 11) is -1.80. The molecule has 0 aliphatic heterocycles. The molecule has 1 aromatic rings. The summed E-state index contributed by atoms with van der Waals surface area (Å²) in [4.78, 5) is 10.8. The second-order valence-corrected chi connectivity index (χ2v) is 5.96. The molecule has 0 heterocycles. The monoisotopic (exact) mass is 294 g/mol. The van der Waals surface area contributed by atoms with Gasteiger partial charge in [0.15, 0.2) is 0 Å². The fourth-order valence-electron chi connectivity index (χ4n) is 1.40. The van der Waals surface area contributed by atoms with Crippen molar-refractivity contribution in [2.45, 2.75) is 30.2 Å². The zero-order valence-corrected chi connectivity index (χ0v) is 11.1. The molecule has 1 rings (SSSR count). The van der Waals surface area contributed by atoms with Gasteiger partial charge in [-0.1, -0.05) is 13.0 Å². The Morgan fingerprint density at radius 3 is 2.37 bits per heavy atom. The lowest BCUT2D eigenvalue weighted by atomic mass is 10.1. The molecule has 1 N–H and O–H groups in total. The number of carbonyl (C=O) groups is 1. The van der Waals surface area contributed by atoms with Crippen LogP contribution >= 0.6 is 0 Å². The SMILES string of the molecule is CC(C(=O)O)C(C)S(=O)c1cccc(C(F)(F)F)c1. The smallest absolute Gasteiger partial charge is 0.416 e. The highest BCUT2D eigenvalue weighted by Crippen LogP contribution is 2.31. The first-order valence-corrected chi connectivity index (χ1v) is 6.66. The fraction of sp³-hybridized carbons (Fsp3) is 0.417. The molecule has 0 radical (unpaired) electrons. The van der Waals surface area contributed by atoms with Gasteiger partial charge in [-0.2, -0.15) is 13.2 Å². The predicted molar refractivity (Wildman–Crippen MR) is 64.1 cm³/mol. The van der Waals surface area contributed by atoms with Crippen LogP contribution in [0.1, 0.15) is 19.4 Å². The van der Waals surface area contributed by atoms with Gasteiger partial charge in [0.05, 0.1) is 22.3 Å². The molecule has 0 bridgehead atoms. The van der Waals surface area contributed by atoms with Crippen molar-refractivity contribution in [1.29, 1.82) is 0 Å². The van der Waals surface area contributed by atoms with Gasteiger partial charge in [0.1, 0.15) is 0 Å². The molecule has 0 saturated heterocycles. The molecule has 0 amide bonds. The quantitative estimate of drug-likeness (QED) is 0.929. The molecule has 106 valence electrons. The van der Waals surface area contributed by atoms with E-state index in [4.69, 9.17) is 5.11 Å². The average molecular weight is 294 g/mol. The normalized spacial score (nSPS) is 16.7. The van der Waals surface area contributed by atoms with Gasteiger partial charge < -0.3 is 5.11 Å². The number of hydrogen-bond donors (Lipinski definition) is 1. The molecule has 1 aromatic carbocycles. The maximum absolute atomic E-state index is 12.5. The van der Waals surface area contributed by atoms with E-state index >= 15 is 0 Å². The molecule has 0 spiro atoms. The van der Waals surface area contributed by atoms with Crippen LogP contribution in [0, 0.1) is 5.92 Å². The van der Waals surface area contributed by atoms with Gasteiger partial charge in [0.25, 0.3) is 0 Å². The molecule has 0 aliphatic carbocycles. The van der Waals surface area contributed by atoms with Crippen molar-refractivity contribution in [3.8, 4) is 0 Å². The summed E-state index contributed by atoms with van der Waals surface area (Å²) in [5.74, 6) is -2.04. The van der Waals surface area contributed by atoms with Crippen LogP contribution in [0.2, 0.25) is 0 Å². The highest BCUT2D eigenvalue weighted by Gasteiger charge is 2.32. The Balaban J connectivity index is 3.04. The number of alkyl halides is 3. The summed E-state index contributed by atoms with van der Waals surface area (Å²) in [6.07, 6.45) is -4.51. The predicted octanol–water partition coefficient (Wildman–Crippen LogP) is 2.92. The third kappa shape index (κ3) is 3.79. The number of aliphatic carboxylic acids is 1. The zero-order chi connectivity index (χ0) is 14.8. The molecular weight excluding hydrogens is 281 g/mol. The minimum Gasteiger partial charge on any atom is -0.481 e. The average Bonchev–Trinajstić information content (AvgIpc) is 2.35. The van der Waals surface area contributed by atoms with E-state index in [0.717, 1.165) is 18.2 Å². The van der Waals surface area contributed by atoms with E-state index in [1.165, 1.54) is 19.9 Å². The second-order valence-electron chi connectivity index (χ2n) is 4.16. The highest BCUT2D eigenvalue weighted by atomic mass is 32.2. The van der Waals surface area contributed by atoms with Crippen LogP contribution in [0.4, 0.5) is 13.2 Å². The van der Waals surface area contributed by atoms with E-state index in [-0.39, 0.29) is 4.90 Å². The number of hydrogen-bond acceptors (Lipinski definition) is 2. The first kappa shape index (κ1) is 15.7. The summed E-state index contributed by atoms with van der Waals surface area (Å²) < 4.78 is 49.6. The summed E-state index contributed by atoms with van der Waals surface area (Å²) in [6.45, 7) is 2.81. The van der Waals surface area contributed by atoms with Crippen molar-refractivity contribution >= 4 is 16.8 Å². The van der Waals surface area contributed by atoms with E-state index in [1.807, 2.05) is 0 Å². The lowest BCUT2D eigenvalue weighted by molar-refractivity contribution is -0.141. The molecule has 19 heavy (non-hydrogen) atoms. The summed E-state index contributed by atoms with van der Waals surface area (Å²) in [5.41, 5.74) is -0.895. The Morgan fingerprint density at radius 1 is 1.32 bits per heavy atom. The fourth-order valence-corrected chi connectivity index (χ4v) is 2.77. The molecule has 0 fully saturated rings. The van der Waals surface area contributed by atoms with Crippen LogP contribution in [0.3, 0.4) is 0 Å². The van der Waals surface area contributed by atoms with E-state index in [2.05, 4.69) is 0 Å². The first-order valence-electron chi connectivity index (χ1n) is 5.45. The van der Waals surface area contributed by atoms with Crippen molar-refractivity contribution in [3.05, 3.63) is 29.8 Å². The molecule has 7 heteroatoms. The number of halogens is 3. The van der Waals surface area contributed by atoms with Crippen LogP contribution in [-0.2, 0) is 21.8 Å². The van der Waals surface area contributed by atoms with Gasteiger partial charge in [-0.05, 0) is 25.1 Å². The second kappa shape index (κ2) is 5.73. The van der Waals surface area contributed by atoms with Gasteiger partial charge in [-0.15, -0.1) is 0 Å². The van der Waals surface area contributed by atoms with Crippen molar-refractivity contribution < 1.29 is 27.3 Å². The van der Waals surface area contributed by atoms with Gasteiger partial charge in [0, 0.05) is 10.1 Å².